The average molecular weight is 389 g/mol. The van der Waals surface area contributed by atoms with Crippen LogP contribution in [0.2, 0.25) is 10.0 Å². The minimum Gasteiger partial charge on any atom is -0.294 e. The number of nitrogens with zero attached hydrogens (tertiary/aromatic N) is 4. The molecule has 0 unspecified atom stereocenters. The molecule has 0 aliphatic heterocycles. The summed E-state index contributed by atoms with van der Waals surface area (Å²) in [5.41, 5.74) is 1.53. The monoisotopic (exact) mass is 388 g/mol. The van der Waals surface area contributed by atoms with E-state index in [0.717, 1.165) is 5.56 Å². The van der Waals surface area contributed by atoms with Gasteiger partial charge in [-0.2, -0.15) is 5.10 Å². The molecule has 2 aromatic carbocycles. The van der Waals surface area contributed by atoms with Crippen molar-refractivity contribution < 1.29 is 4.39 Å². The Labute approximate surface area is 157 Å². The maximum Gasteiger partial charge on any atom is 0.264 e. The fraction of sp³-hybridized carbons (Fsp3) is 0.0556. The zero-order valence-electron chi connectivity index (χ0n) is 13.2. The SMILES string of the molecule is O=c1c2cnn(-c3ccc(F)cc3)c2ncn1Cc1ccc(Cl)cc1Cl. The normalized spacial score (nSPS) is 11.2. The van der Waals surface area contributed by atoms with E-state index >= 15 is 0 Å². The van der Waals surface area contributed by atoms with Gasteiger partial charge in [0.05, 0.1) is 18.4 Å². The van der Waals surface area contributed by atoms with Crippen molar-refractivity contribution in [1.82, 2.24) is 19.3 Å². The summed E-state index contributed by atoms with van der Waals surface area (Å²) in [7, 11) is 0. The minimum atomic E-state index is -0.347. The lowest BCUT2D eigenvalue weighted by Gasteiger charge is -2.08. The third-order valence-corrected chi connectivity index (χ3v) is 4.57. The van der Waals surface area contributed by atoms with Gasteiger partial charge in [0.1, 0.15) is 17.5 Å². The molecule has 0 N–H and O–H groups in total. The van der Waals surface area contributed by atoms with Crippen molar-refractivity contribution in [3.8, 4) is 5.69 Å². The van der Waals surface area contributed by atoms with Crippen LogP contribution in [-0.2, 0) is 6.54 Å². The van der Waals surface area contributed by atoms with Gasteiger partial charge in [0, 0.05) is 10.0 Å². The Morgan fingerprint density at radius 3 is 2.58 bits per heavy atom. The second kappa shape index (κ2) is 6.55. The van der Waals surface area contributed by atoms with Crippen molar-refractivity contribution in [3.05, 3.63) is 86.8 Å². The molecule has 0 bridgehead atoms. The first-order chi connectivity index (χ1) is 12.5. The predicted octanol–water partition coefficient (Wildman–Crippen LogP) is 4.08. The fourth-order valence-corrected chi connectivity index (χ4v) is 3.13. The Bertz CT molecular complexity index is 1170. The number of hydrogen-bond donors (Lipinski definition) is 0. The zero-order valence-corrected chi connectivity index (χ0v) is 14.7. The molecule has 26 heavy (non-hydrogen) atoms. The molecule has 0 radical (unpaired) electrons. The number of fused-ring (bicyclic) bond motifs is 1. The van der Waals surface area contributed by atoms with Crippen LogP contribution in [0, 0.1) is 5.82 Å². The molecule has 0 aliphatic rings. The van der Waals surface area contributed by atoms with E-state index < -0.39 is 0 Å². The molecule has 130 valence electrons. The van der Waals surface area contributed by atoms with Gasteiger partial charge in [-0.1, -0.05) is 29.3 Å². The molecule has 5 nitrogen and oxygen atoms in total. The van der Waals surface area contributed by atoms with Crippen LogP contribution in [0.3, 0.4) is 0 Å². The second-order valence-electron chi connectivity index (χ2n) is 5.68. The van der Waals surface area contributed by atoms with Crippen molar-refractivity contribution in [3.63, 3.8) is 0 Å². The smallest absolute Gasteiger partial charge is 0.264 e. The van der Waals surface area contributed by atoms with E-state index in [9.17, 15) is 9.18 Å². The van der Waals surface area contributed by atoms with Crippen molar-refractivity contribution in [1.29, 1.82) is 0 Å². The van der Waals surface area contributed by atoms with Crippen molar-refractivity contribution in [2.45, 2.75) is 6.54 Å². The summed E-state index contributed by atoms with van der Waals surface area (Å²) in [6.45, 7) is 0.263. The summed E-state index contributed by atoms with van der Waals surface area (Å²) in [5, 5.41) is 5.58. The average Bonchev–Trinajstić information content (AvgIpc) is 3.05. The number of aromatic nitrogens is 4. The maximum absolute atomic E-state index is 13.1. The molecule has 2 aromatic heterocycles. The highest BCUT2D eigenvalue weighted by atomic mass is 35.5. The lowest BCUT2D eigenvalue weighted by molar-refractivity contribution is 0.627. The Kier molecular flexibility index (Phi) is 4.22. The summed E-state index contributed by atoms with van der Waals surface area (Å²) >= 11 is 12.1. The Hall–Kier alpha value is -2.70. The largest absolute Gasteiger partial charge is 0.294 e. The van der Waals surface area contributed by atoms with Crippen LogP contribution in [0.25, 0.3) is 16.7 Å². The molecule has 0 saturated carbocycles. The van der Waals surface area contributed by atoms with E-state index in [0.29, 0.717) is 26.8 Å². The molecule has 4 aromatic rings. The van der Waals surface area contributed by atoms with Gasteiger partial charge in [0.2, 0.25) is 0 Å². The van der Waals surface area contributed by atoms with Crippen LogP contribution in [0.15, 0.2) is 59.8 Å². The van der Waals surface area contributed by atoms with Gasteiger partial charge in [-0.15, -0.1) is 0 Å². The summed E-state index contributed by atoms with van der Waals surface area (Å²) in [5.74, 6) is -0.347. The van der Waals surface area contributed by atoms with E-state index in [4.69, 9.17) is 23.2 Å². The van der Waals surface area contributed by atoms with Gasteiger partial charge < -0.3 is 0 Å². The van der Waals surface area contributed by atoms with Gasteiger partial charge in [-0.25, -0.2) is 14.1 Å². The van der Waals surface area contributed by atoms with Gasteiger partial charge in [-0.05, 0) is 42.0 Å². The molecular weight excluding hydrogens is 378 g/mol. The zero-order chi connectivity index (χ0) is 18.3. The Balaban J connectivity index is 1.76. The lowest BCUT2D eigenvalue weighted by atomic mass is 10.2. The summed E-state index contributed by atoms with van der Waals surface area (Å²) in [4.78, 5) is 17.1. The van der Waals surface area contributed by atoms with E-state index in [2.05, 4.69) is 10.1 Å². The quantitative estimate of drug-likeness (QED) is 0.531. The lowest BCUT2D eigenvalue weighted by Crippen LogP contribution is -2.21. The highest BCUT2D eigenvalue weighted by Crippen LogP contribution is 2.21. The number of benzene rings is 2. The summed E-state index contributed by atoms with van der Waals surface area (Å²) < 4.78 is 16.1. The van der Waals surface area contributed by atoms with E-state index in [1.165, 1.54) is 33.9 Å². The third kappa shape index (κ3) is 2.98. The highest BCUT2D eigenvalue weighted by molar-refractivity contribution is 6.35. The molecule has 0 aliphatic carbocycles. The van der Waals surface area contributed by atoms with Crippen LogP contribution >= 0.6 is 23.2 Å². The standard InChI is InChI=1S/C18H11Cl2FN4O/c19-12-2-1-11(16(20)7-12)9-24-10-22-17-15(18(24)26)8-23-25(17)14-5-3-13(21)4-6-14/h1-8,10H,9H2. The van der Waals surface area contributed by atoms with Crippen LogP contribution in [0.5, 0.6) is 0 Å². The van der Waals surface area contributed by atoms with Crippen molar-refractivity contribution in [2.75, 3.05) is 0 Å². The van der Waals surface area contributed by atoms with Gasteiger partial charge in [-0.3, -0.25) is 9.36 Å². The van der Waals surface area contributed by atoms with E-state index in [1.807, 2.05) is 0 Å². The molecule has 8 heteroatoms. The van der Waals surface area contributed by atoms with Gasteiger partial charge >= 0.3 is 0 Å². The van der Waals surface area contributed by atoms with E-state index in [1.54, 1.807) is 30.3 Å². The number of rotatable bonds is 3. The first-order valence-electron chi connectivity index (χ1n) is 7.66. The number of halogens is 3. The summed E-state index contributed by atoms with van der Waals surface area (Å²) in [6.07, 6.45) is 2.89. The van der Waals surface area contributed by atoms with Crippen molar-refractivity contribution in [2.24, 2.45) is 0 Å². The topological polar surface area (TPSA) is 52.7 Å². The maximum atomic E-state index is 13.1. The molecule has 4 rings (SSSR count). The number of hydrogen-bond acceptors (Lipinski definition) is 3. The fourth-order valence-electron chi connectivity index (χ4n) is 2.67. The van der Waals surface area contributed by atoms with Crippen LogP contribution in [0.1, 0.15) is 5.56 Å². The first kappa shape index (κ1) is 16.8. The second-order valence-corrected chi connectivity index (χ2v) is 6.53. The Morgan fingerprint density at radius 1 is 1.08 bits per heavy atom. The van der Waals surface area contributed by atoms with Crippen LogP contribution in [0.4, 0.5) is 4.39 Å². The van der Waals surface area contributed by atoms with Crippen LogP contribution < -0.4 is 5.56 Å². The highest BCUT2D eigenvalue weighted by Gasteiger charge is 2.12. The molecule has 0 saturated heterocycles. The minimum absolute atomic E-state index is 0.241. The summed E-state index contributed by atoms with van der Waals surface area (Å²) in [6, 6.07) is 10.9. The first-order valence-corrected chi connectivity index (χ1v) is 8.41. The molecule has 0 amide bonds. The third-order valence-electron chi connectivity index (χ3n) is 3.98. The molecule has 0 spiro atoms. The molecular formula is C18H11Cl2FN4O. The van der Waals surface area contributed by atoms with E-state index in [-0.39, 0.29) is 17.9 Å². The molecule has 0 atom stereocenters. The Morgan fingerprint density at radius 2 is 1.85 bits per heavy atom. The molecule has 0 fully saturated rings. The van der Waals surface area contributed by atoms with Crippen molar-refractivity contribution >= 4 is 34.2 Å². The molecule has 2 heterocycles. The van der Waals surface area contributed by atoms with Crippen LogP contribution in [-0.4, -0.2) is 19.3 Å². The van der Waals surface area contributed by atoms with Gasteiger partial charge in [0.15, 0.2) is 5.65 Å². The predicted molar refractivity (Wildman–Crippen MR) is 98.6 cm³/mol. The van der Waals surface area contributed by atoms with Gasteiger partial charge in [0.25, 0.3) is 5.56 Å².